The predicted octanol–water partition coefficient (Wildman–Crippen LogP) is 6.41. The standard InChI is InChI=1S/C26H23N3O2S2/c1-17-3-7-19(8-4-17)23-15-33-26(28-23)29-24(30)16-32-22-13-11-21(12-14-22)27-25(31)20-9-5-18(2)6-10-20/h3-15H,16H2,1-2H3,(H,27,31)(H,28,29,30). The van der Waals surface area contributed by atoms with Crippen molar-refractivity contribution in [1.82, 2.24) is 4.98 Å². The molecule has 0 saturated carbocycles. The third-order valence-electron chi connectivity index (χ3n) is 4.89. The smallest absolute Gasteiger partial charge is 0.255 e. The third-order valence-corrected chi connectivity index (χ3v) is 6.66. The second-order valence-corrected chi connectivity index (χ2v) is 9.49. The largest absolute Gasteiger partial charge is 0.322 e. The Morgan fingerprint density at radius 3 is 2.15 bits per heavy atom. The zero-order valence-corrected chi connectivity index (χ0v) is 19.9. The lowest BCUT2D eigenvalue weighted by Crippen LogP contribution is -2.13. The van der Waals surface area contributed by atoms with Gasteiger partial charge in [-0.05, 0) is 50.2 Å². The monoisotopic (exact) mass is 473 g/mol. The first-order valence-corrected chi connectivity index (χ1v) is 12.3. The van der Waals surface area contributed by atoms with E-state index in [0.29, 0.717) is 16.4 Å². The predicted molar refractivity (Wildman–Crippen MR) is 137 cm³/mol. The summed E-state index contributed by atoms with van der Waals surface area (Å²) >= 11 is 2.84. The fourth-order valence-electron chi connectivity index (χ4n) is 3.03. The Bertz CT molecular complexity index is 1250. The third kappa shape index (κ3) is 6.31. The Morgan fingerprint density at radius 2 is 1.48 bits per heavy atom. The molecule has 0 radical (unpaired) electrons. The maximum absolute atomic E-state index is 12.3. The van der Waals surface area contributed by atoms with Gasteiger partial charge >= 0.3 is 0 Å². The molecule has 2 N–H and O–H groups in total. The van der Waals surface area contributed by atoms with Crippen LogP contribution in [0.2, 0.25) is 0 Å². The fourth-order valence-corrected chi connectivity index (χ4v) is 4.47. The van der Waals surface area contributed by atoms with Crippen LogP contribution >= 0.6 is 23.1 Å². The number of nitrogens with one attached hydrogen (secondary N) is 2. The second-order valence-electron chi connectivity index (χ2n) is 7.59. The first-order chi connectivity index (χ1) is 16.0. The molecule has 0 fully saturated rings. The summed E-state index contributed by atoms with van der Waals surface area (Å²) in [4.78, 5) is 30.1. The molecule has 2 amide bonds. The highest BCUT2D eigenvalue weighted by molar-refractivity contribution is 8.00. The maximum atomic E-state index is 12.3. The number of benzene rings is 3. The second kappa shape index (κ2) is 10.5. The molecule has 4 aromatic rings. The molecule has 0 aliphatic carbocycles. The van der Waals surface area contributed by atoms with Crippen LogP contribution < -0.4 is 10.6 Å². The van der Waals surface area contributed by atoms with Crippen LogP contribution in [-0.4, -0.2) is 22.6 Å². The maximum Gasteiger partial charge on any atom is 0.255 e. The Hall–Kier alpha value is -3.42. The number of anilines is 2. The lowest BCUT2D eigenvalue weighted by Gasteiger charge is -2.07. The Labute approximate surface area is 201 Å². The molecule has 3 aromatic carbocycles. The van der Waals surface area contributed by atoms with Crippen molar-refractivity contribution >= 4 is 45.7 Å². The molecular formula is C26H23N3O2S2. The van der Waals surface area contributed by atoms with Gasteiger partial charge in [-0.3, -0.25) is 9.59 Å². The summed E-state index contributed by atoms with van der Waals surface area (Å²) in [6.45, 7) is 4.03. The van der Waals surface area contributed by atoms with Crippen molar-refractivity contribution in [3.8, 4) is 11.3 Å². The molecule has 0 spiro atoms. The molecule has 0 bridgehead atoms. The van der Waals surface area contributed by atoms with Gasteiger partial charge in [-0.2, -0.15) is 0 Å². The number of carbonyl (C=O) groups excluding carboxylic acids is 2. The van der Waals surface area contributed by atoms with Crippen molar-refractivity contribution in [3.63, 3.8) is 0 Å². The molecule has 33 heavy (non-hydrogen) atoms. The molecule has 5 nitrogen and oxygen atoms in total. The number of thiazole rings is 1. The highest BCUT2D eigenvalue weighted by atomic mass is 32.2. The van der Waals surface area contributed by atoms with Crippen molar-refractivity contribution < 1.29 is 9.59 Å². The van der Waals surface area contributed by atoms with Crippen LogP contribution in [0.1, 0.15) is 21.5 Å². The van der Waals surface area contributed by atoms with E-state index in [1.54, 1.807) is 12.1 Å². The molecule has 0 unspecified atom stereocenters. The van der Waals surface area contributed by atoms with Gasteiger partial charge in [0.25, 0.3) is 5.91 Å². The molecule has 0 atom stereocenters. The van der Waals surface area contributed by atoms with Crippen LogP contribution in [0.5, 0.6) is 0 Å². The first-order valence-electron chi connectivity index (χ1n) is 10.4. The molecular weight excluding hydrogens is 450 g/mol. The van der Waals surface area contributed by atoms with Crippen LogP contribution in [-0.2, 0) is 4.79 Å². The molecule has 0 aliphatic rings. The quantitative estimate of drug-likeness (QED) is 0.304. The molecule has 1 aromatic heterocycles. The minimum Gasteiger partial charge on any atom is -0.322 e. The minimum absolute atomic E-state index is 0.110. The summed E-state index contributed by atoms with van der Waals surface area (Å²) in [5, 5.41) is 8.28. The van der Waals surface area contributed by atoms with Crippen molar-refractivity contribution in [2.75, 3.05) is 16.4 Å². The average Bonchev–Trinajstić information content (AvgIpc) is 3.28. The van der Waals surface area contributed by atoms with Crippen molar-refractivity contribution in [3.05, 3.63) is 94.9 Å². The first kappa shape index (κ1) is 22.8. The Balaban J connectivity index is 1.27. The van der Waals surface area contributed by atoms with E-state index in [1.165, 1.54) is 28.7 Å². The number of aromatic nitrogens is 1. The topological polar surface area (TPSA) is 71.1 Å². The summed E-state index contributed by atoms with van der Waals surface area (Å²) in [5.41, 5.74) is 5.51. The number of hydrogen-bond donors (Lipinski definition) is 2. The summed E-state index contributed by atoms with van der Waals surface area (Å²) in [5.74, 6) is 0.0129. The van der Waals surface area contributed by atoms with E-state index in [-0.39, 0.29) is 17.6 Å². The molecule has 0 aliphatic heterocycles. The number of aryl methyl sites for hydroxylation is 2. The van der Waals surface area contributed by atoms with Gasteiger partial charge in [0, 0.05) is 27.1 Å². The molecule has 0 saturated heterocycles. The summed E-state index contributed by atoms with van der Waals surface area (Å²) in [7, 11) is 0. The average molecular weight is 474 g/mol. The van der Waals surface area contributed by atoms with Gasteiger partial charge in [0.05, 0.1) is 11.4 Å². The highest BCUT2D eigenvalue weighted by Crippen LogP contribution is 2.26. The van der Waals surface area contributed by atoms with E-state index >= 15 is 0 Å². The minimum atomic E-state index is -0.150. The zero-order valence-electron chi connectivity index (χ0n) is 18.3. The summed E-state index contributed by atoms with van der Waals surface area (Å²) < 4.78 is 0. The van der Waals surface area contributed by atoms with Crippen molar-refractivity contribution in [2.45, 2.75) is 18.7 Å². The van der Waals surface area contributed by atoms with E-state index in [2.05, 4.69) is 15.6 Å². The number of carbonyl (C=O) groups is 2. The summed E-state index contributed by atoms with van der Waals surface area (Å²) in [6.07, 6.45) is 0. The van der Waals surface area contributed by atoms with Crippen LogP contribution in [0.15, 0.2) is 83.1 Å². The van der Waals surface area contributed by atoms with Gasteiger partial charge in [0.2, 0.25) is 5.91 Å². The van der Waals surface area contributed by atoms with Crippen LogP contribution in [0.3, 0.4) is 0 Å². The van der Waals surface area contributed by atoms with E-state index in [4.69, 9.17) is 0 Å². The van der Waals surface area contributed by atoms with Gasteiger partial charge in [-0.1, -0.05) is 47.5 Å². The molecule has 166 valence electrons. The summed E-state index contributed by atoms with van der Waals surface area (Å²) in [6, 6.07) is 23.0. The van der Waals surface area contributed by atoms with E-state index < -0.39 is 0 Å². The normalized spacial score (nSPS) is 10.6. The van der Waals surface area contributed by atoms with Gasteiger partial charge in [0.1, 0.15) is 0 Å². The number of rotatable bonds is 7. The van der Waals surface area contributed by atoms with Crippen molar-refractivity contribution in [2.24, 2.45) is 0 Å². The number of nitrogens with zero attached hydrogens (tertiary/aromatic N) is 1. The van der Waals surface area contributed by atoms with E-state index in [0.717, 1.165) is 21.7 Å². The van der Waals surface area contributed by atoms with Crippen molar-refractivity contribution in [1.29, 1.82) is 0 Å². The number of amides is 2. The molecule has 4 rings (SSSR count). The lowest BCUT2D eigenvalue weighted by atomic mass is 10.1. The van der Waals surface area contributed by atoms with Crippen LogP contribution in [0.4, 0.5) is 10.8 Å². The number of thioether (sulfide) groups is 1. The molecule has 7 heteroatoms. The Kier molecular flexibility index (Phi) is 7.22. The SMILES string of the molecule is Cc1ccc(C(=O)Nc2ccc(SCC(=O)Nc3nc(-c4ccc(C)cc4)cs3)cc2)cc1. The zero-order chi connectivity index (χ0) is 23.2. The van der Waals surface area contributed by atoms with Gasteiger partial charge in [-0.15, -0.1) is 23.1 Å². The van der Waals surface area contributed by atoms with Crippen LogP contribution in [0.25, 0.3) is 11.3 Å². The lowest BCUT2D eigenvalue weighted by molar-refractivity contribution is -0.113. The fraction of sp³-hybridized carbons (Fsp3) is 0.115. The van der Waals surface area contributed by atoms with Crippen LogP contribution in [0, 0.1) is 13.8 Å². The van der Waals surface area contributed by atoms with E-state index in [9.17, 15) is 9.59 Å². The van der Waals surface area contributed by atoms with E-state index in [1.807, 2.05) is 79.9 Å². The molecule has 1 heterocycles. The van der Waals surface area contributed by atoms with Gasteiger partial charge in [-0.25, -0.2) is 4.98 Å². The van der Waals surface area contributed by atoms with Gasteiger partial charge < -0.3 is 10.6 Å². The number of hydrogen-bond acceptors (Lipinski definition) is 5. The highest BCUT2D eigenvalue weighted by Gasteiger charge is 2.10. The van der Waals surface area contributed by atoms with Gasteiger partial charge in [0.15, 0.2) is 5.13 Å². The Morgan fingerprint density at radius 1 is 0.848 bits per heavy atom.